The molecule has 0 aliphatic heterocycles. The van der Waals surface area contributed by atoms with Gasteiger partial charge in [-0.05, 0) is 17.7 Å². The van der Waals surface area contributed by atoms with Gasteiger partial charge in [0.1, 0.15) is 6.10 Å². The maximum absolute atomic E-state index is 12.3. The number of aromatic nitrogens is 2. The van der Waals surface area contributed by atoms with Crippen LogP contribution in [0, 0.1) is 0 Å². The number of benzene rings is 2. The van der Waals surface area contributed by atoms with Gasteiger partial charge in [-0.1, -0.05) is 54.1 Å². The van der Waals surface area contributed by atoms with Crippen molar-refractivity contribution < 1.29 is 14.3 Å². The van der Waals surface area contributed by atoms with Gasteiger partial charge in [0.2, 0.25) is 0 Å². The zero-order valence-corrected chi connectivity index (χ0v) is 15.4. The molecular formula is C21H19ClN2O3. The molecular weight excluding hydrogens is 364 g/mol. The zero-order chi connectivity index (χ0) is 19.1. The summed E-state index contributed by atoms with van der Waals surface area (Å²) in [6.45, 7) is 0.431. The Morgan fingerprint density at radius 2 is 1.78 bits per heavy atom. The van der Waals surface area contributed by atoms with Crippen molar-refractivity contribution in [2.45, 2.75) is 25.5 Å². The number of nitrogens with zero attached hydrogens (tertiary/aromatic N) is 2. The molecule has 0 saturated heterocycles. The molecule has 1 atom stereocenters. The Hall–Kier alpha value is -2.92. The molecule has 0 aliphatic rings. The van der Waals surface area contributed by atoms with Crippen LogP contribution in [0.4, 0.5) is 0 Å². The van der Waals surface area contributed by atoms with Crippen LogP contribution < -0.4 is 0 Å². The second-order valence-corrected chi connectivity index (χ2v) is 6.52. The third-order valence-corrected chi connectivity index (χ3v) is 4.36. The molecule has 0 amide bonds. The lowest BCUT2D eigenvalue weighted by Gasteiger charge is -2.19. The molecule has 5 nitrogen and oxygen atoms in total. The highest BCUT2D eigenvalue weighted by Gasteiger charge is 2.18. The van der Waals surface area contributed by atoms with Crippen molar-refractivity contribution in [2.24, 2.45) is 0 Å². The number of carbonyl (C=O) groups is 2. The highest BCUT2D eigenvalue weighted by Crippen LogP contribution is 2.23. The lowest BCUT2D eigenvalue weighted by molar-refractivity contribution is -0.150. The molecule has 3 aromatic rings. The van der Waals surface area contributed by atoms with Gasteiger partial charge in [0.25, 0.3) is 0 Å². The van der Waals surface area contributed by atoms with E-state index in [4.69, 9.17) is 16.3 Å². The Labute approximate surface area is 162 Å². The fourth-order valence-electron chi connectivity index (χ4n) is 2.68. The predicted molar refractivity (Wildman–Crippen MR) is 103 cm³/mol. The van der Waals surface area contributed by atoms with E-state index < -0.39 is 12.1 Å². The number of esters is 1. The highest BCUT2D eigenvalue weighted by molar-refractivity contribution is 6.30. The van der Waals surface area contributed by atoms with Gasteiger partial charge in [-0.2, -0.15) is 0 Å². The molecule has 0 fully saturated rings. The molecule has 27 heavy (non-hydrogen) atoms. The van der Waals surface area contributed by atoms with Crippen molar-refractivity contribution in [1.82, 2.24) is 9.55 Å². The van der Waals surface area contributed by atoms with Gasteiger partial charge in [0.15, 0.2) is 5.78 Å². The molecule has 3 rings (SSSR count). The zero-order valence-electron chi connectivity index (χ0n) is 14.6. The van der Waals surface area contributed by atoms with Gasteiger partial charge in [0, 0.05) is 29.4 Å². The van der Waals surface area contributed by atoms with E-state index in [2.05, 4.69) is 4.98 Å². The van der Waals surface area contributed by atoms with E-state index in [9.17, 15) is 9.59 Å². The highest BCUT2D eigenvalue weighted by atomic mass is 35.5. The Morgan fingerprint density at radius 3 is 2.44 bits per heavy atom. The van der Waals surface area contributed by atoms with Crippen LogP contribution in [-0.4, -0.2) is 21.3 Å². The summed E-state index contributed by atoms with van der Waals surface area (Å²) in [6, 6.07) is 16.1. The third-order valence-electron chi connectivity index (χ3n) is 4.10. The quantitative estimate of drug-likeness (QED) is 0.425. The fraction of sp³-hybridized carbons (Fsp3) is 0.190. The first-order valence-corrected chi connectivity index (χ1v) is 8.98. The van der Waals surface area contributed by atoms with E-state index >= 15 is 0 Å². The third kappa shape index (κ3) is 5.53. The van der Waals surface area contributed by atoms with Gasteiger partial charge in [-0.15, -0.1) is 0 Å². The first kappa shape index (κ1) is 18.9. The minimum Gasteiger partial charge on any atom is -0.456 e. The second kappa shape index (κ2) is 9.14. The summed E-state index contributed by atoms with van der Waals surface area (Å²) in [7, 11) is 0. The number of hydrogen-bond acceptors (Lipinski definition) is 4. The number of hydrogen-bond donors (Lipinski definition) is 0. The van der Waals surface area contributed by atoms with Crippen LogP contribution in [0.5, 0.6) is 0 Å². The molecule has 6 heteroatoms. The van der Waals surface area contributed by atoms with Crippen LogP contribution in [-0.2, 0) is 16.1 Å². The van der Waals surface area contributed by atoms with Gasteiger partial charge >= 0.3 is 5.97 Å². The van der Waals surface area contributed by atoms with Crippen LogP contribution in [0.3, 0.4) is 0 Å². The Balaban J connectivity index is 1.63. The molecule has 0 radical (unpaired) electrons. The van der Waals surface area contributed by atoms with Crippen LogP contribution in [0.15, 0.2) is 73.3 Å². The summed E-state index contributed by atoms with van der Waals surface area (Å²) < 4.78 is 7.49. The number of Topliss-reactive ketones (excluding diaryl/α,β-unsaturated/α-hetero) is 1. The molecule has 0 bridgehead atoms. The van der Waals surface area contributed by atoms with E-state index in [0.29, 0.717) is 17.1 Å². The van der Waals surface area contributed by atoms with Gasteiger partial charge in [-0.25, -0.2) is 4.98 Å². The average Bonchev–Trinajstić information content (AvgIpc) is 3.20. The van der Waals surface area contributed by atoms with E-state index in [-0.39, 0.29) is 18.6 Å². The minimum absolute atomic E-state index is 0.0295. The monoisotopic (exact) mass is 382 g/mol. The van der Waals surface area contributed by atoms with Crippen molar-refractivity contribution in [3.63, 3.8) is 0 Å². The van der Waals surface area contributed by atoms with E-state index in [1.807, 2.05) is 22.8 Å². The molecule has 2 aromatic carbocycles. The van der Waals surface area contributed by atoms with Crippen molar-refractivity contribution >= 4 is 23.4 Å². The summed E-state index contributed by atoms with van der Waals surface area (Å²) >= 11 is 5.95. The molecule has 1 unspecified atom stereocenters. The minimum atomic E-state index is -0.490. The van der Waals surface area contributed by atoms with E-state index in [0.717, 1.165) is 5.56 Å². The smallest absolute Gasteiger partial charge is 0.306 e. The van der Waals surface area contributed by atoms with Crippen LogP contribution in [0.25, 0.3) is 0 Å². The molecule has 0 spiro atoms. The lowest BCUT2D eigenvalue weighted by Crippen LogP contribution is -2.17. The standard InChI is InChI=1S/C21H19ClN2O3/c22-18-8-6-17(7-9-18)20(14-24-13-12-23-15-24)27-21(26)11-10-19(25)16-4-2-1-3-5-16/h1-9,12-13,15,20H,10-11,14H2. The van der Waals surface area contributed by atoms with Gasteiger partial charge < -0.3 is 9.30 Å². The average molecular weight is 383 g/mol. The summed E-state index contributed by atoms with van der Waals surface area (Å²) in [5.74, 6) is -0.496. The van der Waals surface area contributed by atoms with Crippen molar-refractivity contribution in [2.75, 3.05) is 0 Å². The van der Waals surface area contributed by atoms with Crippen LogP contribution >= 0.6 is 11.6 Å². The van der Waals surface area contributed by atoms with Crippen molar-refractivity contribution in [3.8, 4) is 0 Å². The topological polar surface area (TPSA) is 61.2 Å². The number of carbonyl (C=O) groups excluding carboxylic acids is 2. The Kier molecular flexibility index (Phi) is 6.39. The molecule has 1 heterocycles. The Morgan fingerprint density at radius 1 is 1.04 bits per heavy atom. The number of rotatable bonds is 8. The number of ketones is 1. The number of halogens is 1. The molecule has 0 saturated carbocycles. The van der Waals surface area contributed by atoms with E-state index in [1.54, 1.807) is 55.1 Å². The first-order valence-electron chi connectivity index (χ1n) is 8.61. The van der Waals surface area contributed by atoms with Crippen molar-refractivity contribution in [3.05, 3.63) is 89.5 Å². The van der Waals surface area contributed by atoms with Gasteiger partial charge in [0.05, 0.1) is 19.3 Å². The maximum atomic E-state index is 12.3. The first-order chi connectivity index (χ1) is 13.1. The van der Waals surface area contributed by atoms with Crippen LogP contribution in [0.1, 0.15) is 34.9 Å². The van der Waals surface area contributed by atoms with Gasteiger partial charge in [-0.3, -0.25) is 9.59 Å². The molecule has 138 valence electrons. The van der Waals surface area contributed by atoms with Crippen molar-refractivity contribution in [1.29, 1.82) is 0 Å². The molecule has 0 N–H and O–H groups in total. The largest absolute Gasteiger partial charge is 0.456 e. The summed E-state index contributed by atoms with van der Waals surface area (Å²) in [5, 5.41) is 0.611. The fourth-order valence-corrected chi connectivity index (χ4v) is 2.80. The predicted octanol–water partition coefficient (Wildman–Crippen LogP) is 4.48. The number of imidazole rings is 1. The second-order valence-electron chi connectivity index (χ2n) is 6.08. The maximum Gasteiger partial charge on any atom is 0.306 e. The Bertz CT molecular complexity index is 878. The number of ether oxygens (including phenoxy) is 1. The van der Waals surface area contributed by atoms with Crippen LogP contribution in [0.2, 0.25) is 5.02 Å². The molecule has 0 aliphatic carbocycles. The SMILES string of the molecule is O=C(CCC(=O)c1ccccc1)OC(Cn1ccnc1)c1ccc(Cl)cc1. The lowest BCUT2D eigenvalue weighted by atomic mass is 10.1. The summed E-state index contributed by atoms with van der Waals surface area (Å²) in [5.41, 5.74) is 1.42. The normalized spacial score (nSPS) is 11.7. The molecule has 1 aromatic heterocycles. The summed E-state index contributed by atoms with van der Waals surface area (Å²) in [6.07, 6.45) is 4.78. The van der Waals surface area contributed by atoms with E-state index in [1.165, 1.54) is 0 Å². The summed E-state index contributed by atoms with van der Waals surface area (Å²) in [4.78, 5) is 28.5.